The van der Waals surface area contributed by atoms with E-state index in [1.165, 1.54) is 23.3 Å². The van der Waals surface area contributed by atoms with E-state index in [1.807, 2.05) is 29.6 Å². The molecule has 0 saturated carbocycles. The van der Waals surface area contributed by atoms with E-state index in [2.05, 4.69) is 10.2 Å². The topological polar surface area (TPSA) is 75.4 Å². The number of carbonyl (C=O) groups excluding carboxylic acids is 2. The number of hydrogen-bond donors (Lipinski definition) is 2. The van der Waals surface area contributed by atoms with E-state index in [0.29, 0.717) is 0 Å². The van der Waals surface area contributed by atoms with Crippen molar-refractivity contribution in [1.82, 2.24) is 0 Å². The maximum absolute atomic E-state index is 12.7. The number of nitrogens with zero attached hydrogens (tertiary/aromatic N) is 1. The van der Waals surface area contributed by atoms with Crippen molar-refractivity contribution in [2.45, 2.75) is 38.5 Å². The van der Waals surface area contributed by atoms with Gasteiger partial charge in [0.15, 0.2) is 0 Å². The molecule has 1 saturated heterocycles. The van der Waals surface area contributed by atoms with Crippen molar-refractivity contribution in [3.63, 3.8) is 0 Å². The van der Waals surface area contributed by atoms with Crippen molar-refractivity contribution in [1.29, 1.82) is 0 Å². The van der Waals surface area contributed by atoms with Crippen LogP contribution in [0.25, 0.3) is 0 Å². The van der Waals surface area contributed by atoms with Crippen LogP contribution in [-0.4, -0.2) is 24.9 Å². The number of piperidine rings is 1. The summed E-state index contributed by atoms with van der Waals surface area (Å²) in [6.07, 6.45) is 6.13. The number of primary amides is 1. The third-order valence-corrected chi connectivity index (χ3v) is 6.78. The van der Waals surface area contributed by atoms with E-state index >= 15 is 0 Å². The van der Waals surface area contributed by atoms with Crippen LogP contribution in [-0.2, 0) is 17.6 Å². The lowest BCUT2D eigenvalue weighted by Crippen LogP contribution is -2.38. The van der Waals surface area contributed by atoms with E-state index in [0.717, 1.165) is 55.7 Å². The molecular formula is C21H25N3O2S. The Hall–Kier alpha value is -2.34. The maximum Gasteiger partial charge on any atom is 0.256 e. The number of anilines is 2. The molecule has 3 N–H and O–H groups in total. The Morgan fingerprint density at radius 1 is 1.07 bits per heavy atom. The molecule has 1 aliphatic heterocycles. The quantitative estimate of drug-likeness (QED) is 0.847. The van der Waals surface area contributed by atoms with Gasteiger partial charge in [-0.1, -0.05) is 0 Å². The summed E-state index contributed by atoms with van der Waals surface area (Å²) < 4.78 is 0. The Kier molecular flexibility index (Phi) is 5.16. The fourth-order valence-corrected chi connectivity index (χ4v) is 5.19. The van der Waals surface area contributed by atoms with Crippen LogP contribution in [0.4, 0.5) is 11.4 Å². The van der Waals surface area contributed by atoms with Gasteiger partial charge in [0, 0.05) is 40.6 Å². The second-order valence-corrected chi connectivity index (χ2v) is 8.39. The van der Waals surface area contributed by atoms with Crippen LogP contribution < -0.4 is 16.0 Å². The molecule has 2 heterocycles. The minimum Gasteiger partial charge on any atom is -0.371 e. The van der Waals surface area contributed by atoms with Crippen LogP contribution in [0.2, 0.25) is 0 Å². The van der Waals surface area contributed by atoms with Crippen LogP contribution in [0.3, 0.4) is 0 Å². The summed E-state index contributed by atoms with van der Waals surface area (Å²) in [4.78, 5) is 27.6. The molecule has 0 unspecified atom stereocenters. The van der Waals surface area contributed by atoms with E-state index in [4.69, 9.17) is 5.73 Å². The summed E-state index contributed by atoms with van der Waals surface area (Å²) in [7, 11) is 0. The molecule has 142 valence electrons. The Morgan fingerprint density at radius 2 is 1.78 bits per heavy atom. The highest BCUT2D eigenvalue weighted by molar-refractivity contribution is 7.10. The summed E-state index contributed by atoms with van der Waals surface area (Å²) >= 11 is 1.71. The SMILES string of the molecule is NC(=O)C1CCN(c2ccc(NC(=O)c3csc4c3CCCC4)cc2)CC1. The summed E-state index contributed by atoms with van der Waals surface area (Å²) in [5, 5.41) is 5.04. The third-order valence-electron chi connectivity index (χ3n) is 5.69. The highest BCUT2D eigenvalue weighted by atomic mass is 32.1. The maximum atomic E-state index is 12.7. The molecular weight excluding hydrogens is 358 g/mol. The predicted octanol–water partition coefficient (Wildman–Crippen LogP) is 3.58. The third kappa shape index (κ3) is 3.86. The Balaban J connectivity index is 1.39. The van der Waals surface area contributed by atoms with E-state index < -0.39 is 0 Å². The van der Waals surface area contributed by atoms with Gasteiger partial charge in [0.25, 0.3) is 5.91 Å². The molecule has 2 amide bonds. The predicted molar refractivity (Wildman–Crippen MR) is 109 cm³/mol. The lowest BCUT2D eigenvalue weighted by atomic mass is 9.95. The molecule has 0 bridgehead atoms. The number of benzene rings is 1. The van der Waals surface area contributed by atoms with Gasteiger partial charge in [0.1, 0.15) is 0 Å². The molecule has 27 heavy (non-hydrogen) atoms. The number of fused-ring (bicyclic) bond motifs is 1. The standard InChI is InChI=1S/C21H25N3O2S/c22-20(25)14-9-11-24(12-10-14)16-7-5-15(6-8-16)23-21(26)18-13-27-19-4-2-1-3-17(18)19/h5-8,13-14H,1-4,9-12H2,(H2,22,25)(H,23,26). The summed E-state index contributed by atoms with van der Waals surface area (Å²) in [6.45, 7) is 1.67. The first-order chi connectivity index (χ1) is 13.1. The molecule has 0 radical (unpaired) electrons. The Labute approximate surface area is 163 Å². The molecule has 4 rings (SSSR count). The van der Waals surface area contributed by atoms with Crippen LogP contribution in [0.15, 0.2) is 29.6 Å². The number of nitrogens with one attached hydrogen (secondary N) is 1. The first-order valence-electron chi connectivity index (χ1n) is 9.67. The minimum absolute atomic E-state index is 0.00338. The number of nitrogens with two attached hydrogens (primary N) is 1. The van der Waals surface area contributed by atoms with E-state index in [1.54, 1.807) is 11.3 Å². The minimum atomic E-state index is -0.191. The van der Waals surface area contributed by atoms with Crippen molar-refractivity contribution in [2.24, 2.45) is 11.7 Å². The van der Waals surface area contributed by atoms with Crippen LogP contribution in [0, 0.1) is 5.92 Å². The zero-order valence-corrected chi connectivity index (χ0v) is 16.2. The molecule has 2 aromatic rings. The molecule has 1 aromatic heterocycles. The van der Waals surface area contributed by atoms with Gasteiger partial charge in [-0.25, -0.2) is 0 Å². The highest BCUT2D eigenvalue weighted by Crippen LogP contribution is 2.31. The number of thiophene rings is 1. The number of hydrogen-bond acceptors (Lipinski definition) is 4. The normalized spacial score (nSPS) is 17.4. The van der Waals surface area contributed by atoms with E-state index in [-0.39, 0.29) is 17.7 Å². The van der Waals surface area contributed by atoms with Crippen LogP contribution in [0.1, 0.15) is 46.5 Å². The molecule has 1 fully saturated rings. The molecule has 5 nitrogen and oxygen atoms in total. The van der Waals surface area contributed by atoms with Gasteiger partial charge >= 0.3 is 0 Å². The number of aryl methyl sites for hydroxylation is 1. The van der Waals surface area contributed by atoms with Crippen LogP contribution >= 0.6 is 11.3 Å². The smallest absolute Gasteiger partial charge is 0.256 e. The summed E-state index contributed by atoms with van der Waals surface area (Å²) in [5.74, 6) is -0.205. The highest BCUT2D eigenvalue weighted by Gasteiger charge is 2.23. The van der Waals surface area contributed by atoms with Crippen molar-refractivity contribution >= 4 is 34.5 Å². The van der Waals surface area contributed by atoms with Crippen LogP contribution in [0.5, 0.6) is 0 Å². The summed E-state index contributed by atoms with van der Waals surface area (Å²) in [6, 6.07) is 7.96. The zero-order chi connectivity index (χ0) is 18.8. The van der Waals surface area contributed by atoms with Gasteiger partial charge in [0.2, 0.25) is 5.91 Å². The van der Waals surface area contributed by atoms with Gasteiger partial charge in [-0.15, -0.1) is 11.3 Å². The largest absolute Gasteiger partial charge is 0.371 e. The Bertz CT molecular complexity index is 836. The first kappa shape index (κ1) is 18.0. The number of carbonyl (C=O) groups is 2. The zero-order valence-electron chi connectivity index (χ0n) is 15.4. The van der Waals surface area contributed by atoms with Crippen molar-refractivity contribution in [3.05, 3.63) is 45.6 Å². The van der Waals surface area contributed by atoms with Crippen molar-refractivity contribution in [2.75, 3.05) is 23.3 Å². The van der Waals surface area contributed by atoms with Crippen molar-refractivity contribution < 1.29 is 9.59 Å². The lowest BCUT2D eigenvalue weighted by molar-refractivity contribution is -0.122. The molecule has 1 aliphatic carbocycles. The first-order valence-corrected chi connectivity index (χ1v) is 10.5. The fourth-order valence-electron chi connectivity index (χ4n) is 4.06. The molecule has 6 heteroatoms. The Morgan fingerprint density at radius 3 is 2.48 bits per heavy atom. The van der Waals surface area contributed by atoms with Gasteiger partial charge < -0.3 is 16.0 Å². The van der Waals surface area contributed by atoms with Gasteiger partial charge in [-0.05, 0) is 68.4 Å². The average molecular weight is 384 g/mol. The van der Waals surface area contributed by atoms with E-state index in [9.17, 15) is 9.59 Å². The fraction of sp³-hybridized carbons (Fsp3) is 0.429. The molecule has 0 spiro atoms. The number of amides is 2. The second-order valence-electron chi connectivity index (χ2n) is 7.42. The average Bonchev–Trinajstić information content (AvgIpc) is 3.13. The van der Waals surface area contributed by atoms with Gasteiger partial charge in [-0.2, -0.15) is 0 Å². The number of rotatable bonds is 4. The summed E-state index contributed by atoms with van der Waals surface area (Å²) in [5.41, 5.74) is 9.42. The molecule has 1 aromatic carbocycles. The molecule has 2 aliphatic rings. The van der Waals surface area contributed by atoms with Crippen molar-refractivity contribution in [3.8, 4) is 0 Å². The van der Waals surface area contributed by atoms with Gasteiger partial charge in [-0.3, -0.25) is 9.59 Å². The monoisotopic (exact) mass is 383 g/mol. The molecule has 0 atom stereocenters. The van der Waals surface area contributed by atoms with Gasteiger partial charge in [0.05, 0.1) is 5.56 Å². The lowest BCUT2D eigenvalue weighted by Gasteiger charge is -2.32. The second kappa shape index (κ2) is 7.72.